The number of hydrogen-bond acceptors (Lipinski definition) is 4. The van der Waals surface area contributed by atoms with Crippen LogP contribution in [0.15, 0.2) is 36.9 Å². The van der Waals surface area contributed by atoms with Crippen molar-refractivity contribution in [2.75, 3.05) is 36.2 Å². The minimum Gasteiger partial charge on any atom is -0.465 e. The summed E-state index contributed by atoms with van der Waals surface area (Å²) in [6.07, 6.45) is 1.87. The third-order valence-electron chi connectivity index (χ3n) is 2.88. The average molecular weight is 327 g/mol. The van der Waals surface area contributed by atoms with E-state index >= 15 is 0 Å². The normalized spacial score (nSPS) is 12.7. The zero-order chi connectivity index (χ0) is 13.0. The lowest BCUT2D eigenvalue weighted by Gasteiger charge is -2.19. The fraction of sp³-hybridized carbons (Fsp3) is 0.357. The Bertz CT molecular complexity index is 451. The second kappa shape index (κ2) is 7.19. The average Bonchev–Trinajstić information content (AvgIpc) is 2.69. The molecule has 0 saturated heterocycles. The smallest absolute Gasteiger partial charge is 0.325 e. The van der Waals surface area contributed by atoms with Crippen molar-refractivity contribution >= 4 is 34.3 Å². The van der Waals surface area contributed by atoms with Gasteiger partial charge in [0.25, 0.3) is 0 Å². The summed E-state index contributed by atoms with van der Waals surface area (Å²) in [6, 6.07) is 8.07. The van der Waals surface area contributed by atoms with E-state index < -0.39 is 0 Å². The van der Waals surface area contributed by atoms with Crippen molar-refractivity contribution in [2.45, 2.75) is 6.92 Å². The largest absolute Gasteiger partial charge is 0.465 e. The Morgan fingerprint density at radius 3 is 2.58 bits per heavy atom. The molecule has 0 N–H and O–H groups in total. The molecule has 2 rings (SSSR count). The van der Waals surface area contributed by atoms with Gasteiger partial charge in [-0.3, -0.25) is 4.79 Å². The molecule has 0 aromatic heterocycles. The molecule has 1 aliphatic heterocycles. The fourth-order valence-electron chi connectivity index (χ4n) is 2.17. The summed E-state index contributed by atoms with van der Waals surface area (Å²) < 4.78 is 4.99. The first-order valence-electron chi connectivity index (χ1n) is 6.11. The maximum Gasteiger partial charge on any atom is 0.325 e. The number of esters is 1. The van der Waals surface area contributed by atoms with E-state index in [0.717, 1.165) is 17.9 Å². The summed E-state index contributed by atoms with van der Waals surface area (Å²) in [5.41, 5.74) is 2.22. The van der Waals surface area contributed by atoms with E-state index in [1.807, 2.05) is 36.1 Å². The Labute approximate surface area is 124 Å². The summed E-state index contributed by atoms with van der Waals surface area (Å²) in [7, 11) is 0. The Kier molecular flexibility index (Phi) is 5.89. The molecule has 104 valence electrons. The molecule has 0 fully saturated rings. The van der Waals surface area contributed by atoms with Crippen LogP contribution in [-0.4, -0.2) is 32.3 Å². The second-order valence-corrected chi connectivity index (χ2v) is 4.14. The molecule has 0 saturated carbocycles. The molecule has 0 amide bonds. The first-order chi connectivity index (χ1) is 8.76. The number of anilines is 2. The van der Waals surface area contributed by atoms with E-state index in [4.69, 9.17) is 4.74 Å². The number of fused-ring (bicyclic) bond motifs is 1. The van der Waals surface area contributed by atoms with E-state index in [2.05, 4.69) is 17.5 Å². The number of nitrogens with zero attached hydrogens (tertiary/aromatic N) is 2. The fourth-order valence-corrected chi connectivity index (χ4v) is 2.17. The summed E-state index contributed by atoms with van der Waals surface area (Å²) in [5.74, 6) is -0.187. The van der Waals surface area contributed by atoms with E-state index in [-0.39, 0.29) is 23.0 Å². The molecule has 4 nitrogen and oxygen atoms in total. The molecule has 1 aliphatic rings. The maximum absolute atomic E-state index is 11.6. The molecule has 0 spiro atoms. The third-order valence-corrected chi connectivity index (χ3v) is 2.88. The number of carbonyl (C=O) groups excluding carboxylic acids is 1. The topological polar surface area (TPSA) is 32.8 Å². The summed E-state index contributed by atoms with van der Waals surface area (Å²) in [4.78, 5) is 15.8. The summed E-state index contributed by atoms with van der Waals surface area (Å²) in [5, 5.41) is 0. The van der Waals surface area contributed by atoms with Gasteiger partial charge in [0.2, 0.25) is 0 Å². The number of para-hydroxylation sites is 2. The summed E-state index contributed by atoms with van der Waals surface area (Å²) >= 11 is 0. The molecule has 0 aliphatic carbocycles. The van der Waals surface area contributed by atoms with Gasteiger partial charge in [0.05, 0.1) is 24.7 Å². The highest BCUT2D eigenvalue weighted by atomic mass is 79.9. The molecule has 19 heavy (non-hydrogen) atoms. The van der Waals surface area contributed by atoms with Crippen LogP contribution < -0.4 is 9.80 Å². The van der Waals surface area contributed by atoms with E-state index in [1.165, 1.54) is 0 Å². The lowest BCUT2D eigenvalue weighted by Crippen LogP contribution is -2.35. The zero-order valence-corrected chi connectivity index (χ0v) is 12.8. The summed E-state index contributed by atoms with van der Waals surface area (Å²) in [6.45, 7) is 7.76. The quantitative estimate of drug-likeness (QED) is 0.615. The van der Waals surface area contributed by atoms with Crippen molar-refractivity contribution in [3.05, 3.63) is 36.9 Å². The van der Waals surface area contributed by atoms with Crippen molar-refractivity contribution in [3.8, 4) is 0 Å². The highest BCUT2D eigenvalue weighted by molar-refractivity contribution is 8.93. The molecular formula is C14H19BrN2O2. The molecule has 5 heteroatoms. The standard InChI is InChI=1S/C14H18N2O2.BrH/c1-3-9-15-11-16(10-14(17)18-4-2)13-8-6-5-7-12(13)15;/h3,5-8H,1,4,9-11H2,2H3;1H. The zero-order valence-electron chi connectivity index (χ0n) is 11.0. The molecule has 0 radical (unpaired) electrons. The minimum absolute atomic E-state index is 0. The van der Waals surface area contributed by atoms with Gasteiger partial charge < -0.3 is 14.5 Å². The molecule has 0 bridgehead atoms. The van der Waals surface area contributed by atoms with Crippen molar-refractivity contribution in [2.24, 2.45) is 0 Å². The van der Waals surface area contributed by atoms with Crippen LogP contribution in [0, 0.1) is 0 Å². The second-order valence-electron chi connectivity index (χ2n) is 4.14. The molecule has 1 aromatic carbocycles. The first kappa shape index (κ1) is 15.6. The Morgan fingerprint density at radius 1 is 1.37 bits per heavy atom. The SMILES string of the molecule is Br.C=CCN1CN(CC(=O)OCC)c2ccccc21. The lowest BCUT2D eigenvalue weighted by molar-refractivity contribution is -0.141. The van der Waals surface area contributed by atoms with Crippen molar-refractivity contribution < 1.29 is 9.53 Å². The predicted molar refractivity (Wildman–Crippen MR) is 83.2 cm³/mol. The Balaban J connectivity index is 0.00000180. The van der Waals surface area contributed by atoms with Crippen molar-refractivity contribution in [3.63, 3.8) is 0 Å². The van der Waals surface area contributed by atoms with E-state index in [0.29, 0.717) is 19.8 Å². The van der Waals surface area contributed by atoms with Gasteiger partial charge in [0.1, 0.15) is 6.54 Å². The van der Waals surface area contributed by atoms with Gasteiger partial charge in [0.15, 0.2) is 0 Å². The number of benzene rings is 1. The Hall–Kier alpha value is -1.49. The van der Waals surface area contributed by atoms with Gasteiger partial charge in [-0.25, -0.2) is 0 Å². The maximum atomic E-state index is 11.6. The van der Waals surface area contributed by atoms with Crippen LogP contribution in [0.3, 0.4) is 0 Å². The van der Waals surface area contributed by atoms with Gasteiger partial charge in [-0.15, -0.1) is 23.6 Å². The number of halogens is 1. The van der Waals surface area contributed by atoms with Gasteiger partial charge in [-0.05, 0) is 19.1 Å². The van der Waals surface area contributed by atoms with Crippen LogP contribution in [0.25, 0.3) is 0 Å². The highest BCUT2D eigenvalue weighted by Gasteiger charge is 2.26. The number of hydrogen-bond donors (Lipinski definition) is 0. The molecule has 1 heterocycles. The van der Waals surface area contributed by atoms with Gasteiger partial charge in [-0.2, -0.15) is 0 Å². The van der Waals surface area contributed by atoms with E-state index in [1.54, 1.807) is 0 Å². The monoisotopic (exact) mass is 326 g/mol. The molecular weight excluding hydrogens is 308 g/mol. The van der Waals surface area contributed by atoms with Gasteiger partial charge >= 0.3 is 5.97 Å². The van der Waals surface area contributed by atoms with Gasteiger partial charge in [0, 0.05) is 6.54 Å². The van der Waals surface area contributed by atoms with Crippen LogP contribution in [0.4, 0.5) is 11.4 Å². The van der Waals surface area contributed by atoms with Crippen LogP contribution in [0.5, 0.6) is 0 Å². The molecule has 1 aromatic rings. The van der Waals surface area contributed by atoms with Crippen molar-refractivity contribution in [1.29, 1.82) is 0 Å². The van der Waals surface area contributed by atoms with E-state index in [9.17, 15) is 4.79 Å². The van der Waals surface area contributed by atoms with Crippen LogP contribution >= 0.6 is 17.0 Å². The molecule has 0 atom stereocenters. The Morgan fingerprint density at radius 2 is 2.00 bits per heavy atom. The first-order valence-corrected chi connectivity index (χ1v) is 6.11. The number of carbonyl (C=O) groups is 1. The van der Waals surface area contributed by atoms with Gasteiger partial charge in [-0.1, -0.05) is 18.2 Å². The number of ether oxygens (including phenoxy) is 1. The predicted octanol–water partition coefficient (Wildman–Crippen LogP) is 2.60. The minimum atomic E-state index is -0.187. The highest BCUT2D eigenvalue weighted by Crippen LogP contribution is 2.35. The van der Waals surface area contributed by atoms with Crippen molar-refractivity contribution in [1.82, 2.24) is 0 Å². The van der Waals surface area contributed by atoms with Crippen LogP contribution in [0.2, 0.25) is 0 Å². The lowest BCUT2D eigenvalue weighted by atomic mass is 10.2. The number of rotatable bonds is 5. The third kappa shape index (κ3) is 3.50. The molecule has 0 unspecified atom stereocenters. The van der Waals surface area contributed by atoms with Crippen LogP contribution in [-0.2, 0) is 9.53 Å². The van der Waals surface area contributed by atoms with Crippen LogP contribution in [0.1, 0.15) is 6.92 Å².